The Morgan fingerprint density at radius 2 is 2.10 bits per heavy atom. The summed E-state index contributed by atoms with van der Waals surface area (Å²) in [5, 5.41) is 7.97. The molecule has 3 atom stereocenters. The summed E-state index contributed by atoms with van der Waals surface area (Å²) in [6.07, 6.45) is 1.14. The number of hydrogen-bond acceptors (Lipinski definition) is 3. The van der Waals surface area contributed by atoms with Crippen LogP contribution < -0.4 is 5.32 Å². The average molecular weight is 358 g/mol. The number of fused-ring (bicyclic) bond motifs is 1. The van der Waals surface area contributed by atoms with Crippen LogP contribution in [0.25, 0.3) is 0 Å². The van der Waals surface area contributed by atoms with E-state index in [9.17, 15) is 0 Å². The van der Waals surface area contributed by atoms with Crippen molar-refractivity contribution in [1.82, 2.24) is 5.32 Å². The Bertz CT molecular complexity index is 641. The van der Waals surface area contributed by atoms with Gasteiger partial charge in [0.25, 0.3) is 0 Å². The van der Waals surface area contributed by atoms with Crippen molar-refractivity contribution in [2.75, 3.05) is 0 Å². The molecular formula is C16H17Cl2NS2. The Balaban J connectivity index is 1.80. The molecule has 0 amide bonds. The average Bonchev–Trinajstić information content (AvgIpc) is 2.86. The third kappa shape index (κ3) is 3.43. The first-order valence-electron chi connectivity index (χ1n) is 6.99. The standard InChI is InChI=1S/C16H17Cl2NS2/c1-9-7-15(13-5-6-20-16(13)21-9)19-10(2)12-4-3-11(17)8-14(12)18/h3-6,8-10,15,19H,7H2,1-2H3/t9-,10?,15?/m0/s1. The molecule has 0 saturated carbocycles. The van der Waals surface area contributed by atoms with Crippen LogP contribution in [-0.2, 0) is 0 Å². The largest absolute Gasteiger partial charge is 0.303 e. The highest BCUT2D eigenvalue weighted by atomic mass is 35.5. The number of nitrogens with one attached hydrogen (secondary N) is 1. The maximum absolute atomic E-state index is 6.32. The Hall–Kier alpha value is -0.190. The molecule has 21 heavy (non-hydrogen) atoms. The van der Waals surface area contributed by atoms with Gasteiger partial charge in [0.05, 0.1) is 4.21 Å². The first-order valence-corrected chi connectivity index (χ1v) is 9.51. The summed E-state index contributed by atoms with van der Waals surface area (Å²) < 4.78 is 1.45. The lowest BCUT2D eigenvalue weighted by Crippen LogP contribution is -2.28. The molecule has 1 N–H and O–H groups in total. The maximum atomic E-state index is 6.32. The summed E-state index contributed by atoms with van der Waals surface area (Å²) in [6.45, 7) is 4.45. The number of benzene rings is 1. The molecule has 2 aromatic rings. The molecule has 1 aliphatic heterocycles. The molecule has 2 unspecified atom stereocenters. The van der Waals surface area contributed by atoms with Crippen LogP contribution in [0.2, 0.25) is 10.0 Å². The van der Waals surface area contributed by atoms with Gasteiger partial charge in [0, 0.05) is 27.4 Å². The molecule has 1 aromatic heterocycles. The molecule has 5 heteroatoms. The van der Waals surface area contributed by atoms with Crippen LogP contribution in [0.3, 0.4) is 0 Å². The third-order valence-corrected chi connectivity index (χ3v) is 6.70. The highest BCUT2D eigenvalue weighted by Gasteiger charge is 2.27. The summed E-state index contributed by atoms with van der Waals surface area (Å²) >= 11 is 16.1. The number of hydrogen-bond donors (Lipinski definition) is 1. The summed E-state index contributed by atoms with van der Waals surface area (Å²) in [5.41, 5.74) is 2.53. The van der Waals surface area contributed by atoms with Crippen molar-refractivity contribution >= 4 is 46.3 Å². The minimum Gasteiger partial charge on any atom is -0.303 e. The van der Waals surface area contributed by atoms with Gasteiger partial charge in [-0.05, 0) is 48.1 Å². The zero-order valence-electron chi connectivity index (χ0n) is 11.9. The minimum absolute atomic E-state index is 0.197. The van der Waals surface area contributed by atoms with Crippen molar-refractivity contribution in [2.45, 2.75) is 41.8 Å². The van der Waals surface area contributed by atoms with Crippen LogP contribution in [0.15, 0.2) is 33.9 Å². The highest BCUT2D eigenvalue weighted by Crippen LogP contribution is 2.44. The van der Waals surface area contributed by atoms with Gasteiger partial charge in [0.2, 0.25) is 0 Å². The van der Waals surface area contributed by atoms with E-state index < -0.39 is 0 Å². The number of thiophene rings is 1. The van der Waals surface area contributed by atoms with Gasteiger partial charge in [-0.15, -0.1) is 23.1 Å². The van der Waals surface area contributed by atoms with Crippen molar-refractivity contribution in [2.24, 2.45) is 0 Å². The van der Waals surface area contributed by atoms with E-state index in [1.807, 2.05) is 41.3 Å². The van der Waals surface area contributed by atoms with Crippen molar-refractivity contribution in [1.29, 1.82) is 0 Å². The fraction of sp³-hybridized carbons (Fsp3) is 0.375. The summed E-state index contributed by atoms with van der Waals surface area (Å²) in [5.74, 6) is 0. The van der Waals surface area contributed by atoms with Crippen LogP contribution >= 0.6 is 46.3 Å². The molecule has 1 aliphatic rings. The van der Waals surface area contributed by atoms with Crippen LogP contribution in [0.1, 0.15) is 43.5 Å². The topological polar surface area (TPSA) is 12.0 Å². The van der Waals surface area contributed by atoms with Gasteiger partial charge in [0.1, 0.15) is 0 Å². The molecule has 0 radical (unpaired) electrons. The van der Waals surface area contributed by atoms with Crippen molar-refractivity contribution < 1.29 is 0 Å². The normalized spacial score (nSPS) is 22.9. The van der Waals surface area contributed by atoms with E-state index in [1.165, 1.54) is 9.77 Å². The van der Waals surface area contributed by atoms with Gasteiger partial charge in [0.15, 0.2) is 0 Å². The van der Waals surface area contributed by atoms with E-state index in [1.54, 1.807) is 0 Å². The van der Waals surface area contributed by atoms with Crippen LogP contribution in [0, 0.1) is 0 Å². The molecule has 3 rings (SSSR count). The number of rotatable bonds is 3. The van der Waals surface area contributed by atoms with E-state index in [0.29, 0.717) is 16.3 Å². The zero-order valence-corrected chi connectivity index (χ0v) is 15.0. The van der Waals surface area contributed by atoms with Gasteiger partial charge >= 0.3 is 0 Å². The quantitative estimate of drug-likeness (QED) is 0.688. The zero-order chi connectivity index (χ0) is 15.0. The Morgan fingerprint density at radius 3 is 2.86 bits per heavy atom. The van der Waals surface area contributed by atoms with Gasteiger partial charge in [-0.25, -0.2) is 0 Å². The lowest BCUT2D eigenvalue weighted by molar-refractivity contribution is 0.435. The van der Waals surface area contributed by atoms with Gasteiger partial charge in [-0.3, -0.25) is 0 Å². The molecule has 1 nitrogen and oxygen atoms in total. The summed E-state index contributed by atoms with van der Waals surface area (Å²) in [6, 6.07) is 8.56. The molecule has 0 bridgehead atoms. The molecule has 1 aromatic carbocycles. The predicted molar refractivity (Wildman–Crippen MR) is 95.0 cm³/mol. The third-order valence-electron chi connectivity index (χ3n) is 3.79. The van der Waals surface area contributed by atoms with Gasteiger partial charge in [-0.2, -0.15) is 0 Å². The highest BCUT2D eigenvalue weighted by molar-refractivity contribution is 8.01. The van der Waals surface area contributed by atoms with Crippen molar-refractivity contribution in [3.05, 3.63) is 50.8 Å². The van der Waals surface area contributed by atoms with E-state index in [4.69, 9.17) is 23.2 Å². The number of thioether (sulfide) groups is 1. The maximum Gasteiger partial charge on any atom is 0.0649 e. The number of halogens is 2. The monoisotopic (exact) mass is 357 g/mol. The van der Waals surface area contributed by atoms with Gasteiger partial charge in [-0.1, -0.05) is 36.2 Å². The lowest BCUT2D eigenvalue weighted by atomic mass is 10.0. The molecule has 0 spiro atoms. The Labute approximate surface area is 144 Å². The Morgan fingerprint density at radius 1 is 1.29 bits per heavy atom. The van der Waals surface area contributed by atoms with Crippen LogP contribution in [0.4, 0.5) is 0 Å². The lowest BCUT2D eigenvalue weighted by Gasteiger charge is -2.30. The second-order valence-electron chi connectivity index (χ2n) is 5.43. The molecule has 112 valence electrons. The first kappa shape index (κ1) is 15.7. The molecule has 0 aliphatic carbocycles. The fourth-order valence-corrected chi connectivity index (χ4v) is 5.89. The molecular weight excluding hydrogens is 341 g/mol. The van der Waals surface area contributed by atoms with E-state index in [-0.39, 0.29) is 6.04 Å². The SMILES string of the molecule is CC(NC1C[C@H](C)Sc2sccc21)c1ccc(Cl)cc1Cl. The first-order chi connectivity index (χ1) is 10.0. The second kappa shape index (κ2) is 6.51. The van der Waals surface area contributed by atoms with Crippen LogP contribution in [0.5, 0.6) is 0 Å². The smallest absolute Gasteiger partial charge is 0.0649 e. The van der Waals surface area contributed by atoms with E-state index in [0.717, 1.165) is 17.0 Å². The molecule has 2 heterocycles. The molecule has 0 fully saturated rings. The fourth-order valence-electron chi connectivity index (χ4n) is 2.75. The summed E-state index contributed by atoms with van der Waals surface area (Å²) in [4.78, 5) is 0. The minimum atomic E-state index is 0.197. The van der Waals surface area contributed by atoms with Crippen molar-refractivity contribution in [3.63, 3.8) is 0 Å². The van der Waals surface area contributed by atoms with E-state index >= 15 is 0 Å². The van der Waals surface area contributed by atoms with Gasteiger partial charge < -0.3 is 5.32 Å². The van der Waals surface area contributed by atoms with E-state index in [2.05, 4.69) is 30.6 Å². The Kier molecular flexibility index (Phi) is 4.87. The predicted octanol–water partition coefficient (Wildman–Crippen LogP) is 6.33. The summed E-state index contributed by atoms with van der Waals surface area (Å²) in [7, 11) is 0. The van der Waals surface area contributed by atoms with Crippen molar-refractivity contribution in [3.8, 4) is 0 Å². The molecule has 0 saturated heterocycles. The second-order valence-corrected chi connectivity index (χ2v) is 8.90. The van der Waals surface area contributed by atoms with Crippen LogP contribution in [-0.4, -0.2) is 5.25 Å².